The molecule has 2 aromatic carbocycles. The molecular weight excluding hydrogens is 663 g/mol. The van der Waals surface area contributed by atoms with E-state index in [9.17, 15) is 24.3 Å². The first-order valence-corrected chi connectivity index (χ1v) is 14.6. The predicted molar refractivity (Wildman–Crippen MR) is 148 cm³/mol. The van der Waals surface area contributed by atoms with Crippen LogP contribution in [0.1, 0.15) is 24.3 Å². The fourth-order valence-corrected chi connectivity index (χ4v) is 8.37. The molecule has 1 saturated carbocycles. The smallest absolute Gasteiger partial charge is 0.254 e. The fourth-order valence-electron chi connectivity index (χ4n) is 6.68. The van der Waals surface area contributed by atoms with E-state index in [1.807, 2.05) is 6.08 Å². The summed E-state index contributed by atoms with van der Waals surface area (Å²) in [5.41, 5.74) is 1.55. The van der Waals surface area contributed by atoms with Crippen LogP contribution in [-0.2, 0) is 19.2 Å². The summed E-state index contributed by atoms with van der Waals surface area (Å²) >= 11 is 20.9. The summed E-state index contributed by atoms with van der Waals surface area (Å²) in [6.45, 7) is 0. The van der Waals surface area contributed by atoms with Gasteiger partial charge in [-0.15, -0.1) is 23.2 Å². The number of aromatic hydroxyl groups is 1. The molecule has 11 heteroatoms. The average Bonchev–Trinajstić information content (AvgIpc) is 3.22. The Morgan fingerprint density at radius 2 is 1.68 bits per heavy atom. The van der Waals surface area contributed by atoms with Gasteiger partial charge in [-0.2, -0.15) is 0 Å². The zero-order valence-electron chi connectivity index (χ0n) is 19.6. The number of carbonyl (C=O) groups excluding carboxylic acids is 4. The van der Waals surface area contributed by atoms with E-state index in [0.717, 1.165) is 9.37 Å². The van der Waals surface area contributed by atoms with Gasteiger partial charge >= 0.3 is 0 Å². The number of hydrogen-bond acceptors (Lipinski definition) is 5. The number of hydrogen-bond donors (Lipinski definition) is 1. The number of nitrogens with zero attached hydrogens (tertiary/aromatic N) is 2. The van der Waals surface area contributed by atoms with Gasteiger partial charge < -0.3 is 5.11 Å². The summed E-state index contributed by atoms with van der Waals surface area (Å²) in [6.07, 6.45) is 2.06. The van der Waals surface area contributed by atoms with Gasteiger partial charge in [-0.1, -0.05) is 55.6 Å². The molecule has 2 saturated heterocycles. The van der Waals surface area contributed by atoms with E-state index < -0.39 is 45.2 Å². The predicted octanol–water partition coefficient (Wildman–Crippen LogP) is 5.07. The number of fused-ring (bicyclic) bond motifs is 4. The second kappa shape index (κ2) is 8.91. The Labute approximate surface area is 245 Å². The van der Waals surface area contributed by atoms with Crippen molar-refractivity contribution in [1.82, 2.24) is 4.90 Å². The van der Waals surface area contributed by atoms with E-state index >= 15 is 0 Å². The van der Waals surface area contributed by atoms with E-state index in [1.54, 1.807) is 36.4 Å². The van der Waals surface area contributed by atoms with E-state index in [0.29, 0.717) is 16.8 Å². The van der Waals surface area contributed by atoms with Gasteiger partial charge in [-0.25, -0.2) is 0 Å². The van der Waals surface area contributed by atoms with Crippen molar-refractivity contribution in [3.05, 3.63) is 70.2 Å². The lowest BCUT2D eigenvalue weighted by Gasteiger charge is -2.50. The Kier molecular flexibility index (Phi) is 6.11. The minimum absolute atomic E-state index is 0.0398. The largest absolute Gasteiger partial charge is 0.508 e. The highest BCUT2D eigenvalue weighted by molar-refractivity contribution is 9.10. The maximum Gasteiger partial charge on any atom is 0.254 e. The van der Waals surface area contributed by atoms with Crippen molar-refractivity contribution in [1.29, 1.82) is 0 Å². The van der Waals surface area contributed by atoms with Crippen molar-refractivity contribution in [2.24, 2.45) is 17.8 Å². The maximum absolute atomic E-state index is 13.9. The number of amides is 4. The van der Waals surface area contributed by atoms with Crippen molar-refractivity contribution >= 4 is 84.4 Å². The molecule has 0 aromatic heterocycles. The van der Waals surface area contributed by atoms with E-state index in [-0.39, 0.29) is 35.9 Å². The summed E-state index contributed by atoms with van der Waals surface area (Å²) in [7, 11) is 0. The van der Waals surface area contributed by atoms with Crippen molar-refractivity contribution < 1.29 is 24.3 Å². The quantitative estimate of drug-likeness (QED) is 0.211. The van der Waals surface area contributed by atoms with Crippen LogP contribution in [0.3, 0.4) is 0 Å². The lowest BCUT2D eigenvalue weighted by molar-refractivity contribution is -0.138. The highest BCUT2D eigenvalue weighted by Gasteiger charge is 2.76. The topological polar surface area (TPSA) is 95.0 Å². The third-order valence-corrected chi connectivity index (χ3v) is 10.7. The van der Waals surface area contributed by atoms with Crippen LogP contribution in [0.25, 0.3) is 0 Å². The molecule has 2 aromatic rings. The molecule has 6 atom stereocenters. The molecule has 7 nitrogen and oxygen atoms in total. The number of halogens is 4. The summed E-state index contributed by atoms with van der Waals surface area (Å²) < 4.78 is 0.811. The van der Waals surface area contributed by atoms with Gasteiger partial charge in [0, 0.05) is 10.4 Å². The van der Waals surface area contributed by atoms with Crippen molar-refractivity contribution in [2.45, 2.75) is 28.5 Å². The summed E-state index contributed by atoms with van der Waals surface area (Å²) in [4.78, 5) is 53.2. The number of allylic oxidation sites excluding steroid dienone is 2. The van der Waals surface area contributed by atoms with E-state index in [1.165, 1.54) is 17.0 Å². The third kappa shape index (κ3) is 3.31. The number of benzene rings is 2. The van der Waals surface area contributed by atoms with E-state index in [4.69, 9.17) is 23.2 Å². The first-order chi connectivity index (χ1) is 18.0. The molecular formula is C27H20Br2Cl2N2O5. The van der Waals surface area contributed by atoms with Gasteiger partial charge in [0.05, 0.1) is 23.0 Å². The monoisotopic (exact) mass is 680 g/mol. The number of anilines is 1. The molecule has 0 radical (unpaired) electrons. The Hall–Kier alpha value is -2.20. The number of likely N-dealkylation sites (tertiary alicyclic amines) is 1. The third-order valence-electron chi connectivity index (χ3n) is 8.30. The number of imide groups is 2. The number of alkyl halides is 3. The Bertz CT molecular complexity index is 1450. The molecule has 6 rings (SSSR count). The van der Waals surface area contributed by atoms with Gasteiger partial charge in [0.15, 0.2) is 9.75 Å². The molecule has 3 fully saturated rings. The van der Waals surface area contributed by atoms with Gasteiger partial charge in [0.2, 0.25) is 11.8 Å². The Morgan fingerprint density at radius 1 is 0.974 bits per heavy atom. The SMILES string of the molecule is O=C1[C@H]2[C@H](CC=C3[C@H]2C[C@@]2(Cl)C(=O)N(CBr)C(=O)[C@@]2(Cl)[C@H]3c2cccc(O)c2)C(=O)N1c1ccc(Br)cc1. The lowest BCUT2D eigenvalue weighted by Crippen LogP contribution is -2.60. The van der Waals surface area contributed by atoms with Gasteiger partial charge in [-0.05, 0) is 60.7 Å². The Balaban J connectivity index is 1.51. The van der Waals surface area contributed by atoms with Crippen LogP contribution >= 0.6 is 55.1 Å². The van der Waals surface area contributed by atoms with Crippen LogP contribution in [0.5, 0.6) is 5.75 Å². The lowest BCUT2D eigenvalue weighted by atomic mass is 9.56. The molecule has 0 unspecified atom stereocenters. The first kappa shape index (κ1) is 26.0. The molecule has 4 amide bonds. The first-order valence-electron chi connectivity index (χ1n) is 12.0. The normalized spacial score (nSPS) is 34.3. The molecule has 196 valence electrons. The van der Waals surface area contributed by atoms with E-state index in [2.05, 4.69) is 31.9 Å². The molecule has 1 N–H and O–H groups in total. The van der Waals surface area contributed by atoms with Crippen molar-refractivity contribution in [3.8, 4) is 5.75 Å². The average molecular weight is 683 g/mol. The van der Waals surface area contributed by atoms with Crippen LogP contribution in [-0.4, -0.2) is 48.8 Å². The number of carbonyl (C=O) groups is 4. The van der Waals surface area contributed by atoms with Crippen LogP contribution in [0.2, 0.25) is 0 Å². The van der Waals surface area contributed by atoms with Gasteiger partial charge in [0.25, 0.3) is 11.8 Å². The van der Waals surface area contributed by atoms with Gasteiger partial charge in [-0.3, -0.25) is 29.0 Å². The minimum atomic E-state index is -1.89. The second-order valence-corrected chi connectivity index (χ2v) is 12.7. The molecule has 38 heavy (non-hydrogen) atoms. The minimum Gasteiger partial charge on any atom is -0.508 e. The number of phenolic OH excluding ortho intramolecular Hbond substituents is 1. The van der Waals surface area contributed by atoms with Crippen LogP contribution in [0.15, 0.2) is 64.7 Å². The number of phenols is 1. The molecule has 4 aliphatic rings. The highest BCUT2D eigenvalue weighted by atomic mass is 79.9. The standard InChI is InChI=1S/C27H20Br2Cl2N2O5/c28-12-32-24(37)26(30)11-19-17(21(27(26,31)25(32)38)13-2-1-3-16(34)10-13)8-9-18-20(19)23(36)33(22(18)35)15-6-4-14(29)5-7-15/h1-8,10,18-21,34H,9,11-12H2/t18-,19+,20-,21-,26+,27-/m0/s1. The van der Waals surface area contributed by atoms with Crippen LogP contribution in [0, 0.1) is 17.8 Å². The zero-order valence-corrected chi connectivity index (χ0v) is 24.3. The second-order valence-electron chi connectivity index (χ2n) is 10.1. The van der Waals surface area contributed by atoms with Gasteiger partial charge in [0.1, 0.15) is 5.75 Å². The van der Waals surface area contributed by atoms with Crippen molar-refractivity contribution in [2.75, 3.05) is 10.4 Å². The highest BCUT2D eigenvalue weighted by Crippen LogP contribution is 2.65. The molecule has 2 aliphatic carbocycles. The maximum atomic E-state index is 13.9. The van der Waals surface area contributed by atoms with Crippen LogP contribution < -0.4 is 4.90 Å². The zero-order chi connectivity index (χ0) is 27.1. The van der Waals surface area contributed by atoms with Crippen LogP contribution in [0.4, 0.5) is 5.69 Å². The summed E-state index contributed by atoms with van der Waals surface area (Å²) in [5.74, 6) is -4.94. The summed E-state index contributed by atoms with van der Waals surface area (Å²) in [6, 6.07) is 13.2. The summed E-state index contributed by atoms with van der Waals surface area (Å²) in [5, 5.41) is 10.3. The molecule has 0 spiro atoms. The molecule has 0 bridgehead atoms. The Morgan fingerprint density at radius 3 is 2.34 bits per heavy atom. The molecule has 2 aliphatic heterocycles. The van der Waals surface area contributed by atoms with Crippen molar-refractivity contribution in [3.63, 3.8) is 0 Å². The fraction of sp³-hybridized carbons (Fsp3) is 0.333. The number of rotatable bonds is 3. The molecule has 2 heterocycles.